The van der Waals surface area contributed by atoms with Crippen LogP contribution in [0.4, 0.5) is 20.3 Å². The molecule has 8 heteroatoms. The van der Waals surface area contributed by atoms with Crippen LogP contribution in [-0.4, -0.2) is 35.1 Å². The fourth-order valence-electron chi connectivity index (χ4n) is 2.64. The van der Waals surface area contributed by atoms with Crippen LogP contribution in [0.5, 0.6) is 5.75 Å². The smallest absolute Gasteiger partial charge is 0.387 e. The molecule has 0 radical (unpaired) electrons. The number of para-hydroxylation sites is 2. The molecule has 0 spiro atoms. The summed E-state index contributed by atoms with van der Waals surface area (Å²) in [6.07, 6.45) is 2.14. The van der Waals surface area contributed by atoms with Crippen molar-refractivity contribution in [2.75, 3.05) is 16.8 Å². The van der Waals surface area contributed by atoms with Crippen molar-refractivity contribution in [1.29, 1.82) is 0 Å². The van der Waals surface area contributed by atoms with E-state index in [1.807, 2.05) is 0 Å². The molecule has 1 fully saturated rings. The number of nitrogens with zero attached hydrogens (tertiary/aromatic N) is 3. The Morgan fingerprint density at radius 2 is 2.12 bits per heavy atom. The Balaban J connectivity index is 1.77. The third-order valence-electron chi connectivity index (χ3n) is 3.68. The van der Waals surface area contributed by atoms with Crippen LogP contribution in [0, 0.1) is 6.92 Å². The number of alkyl halides is 2. The van der Waals surface area contributed by atoms with E-state index in [1.165, 1.54) is 11.0 Å². The molecule has 0 bridgehead atoms. The molecular formula is C16H16F2N4O2. The number of rotatable bonds is 5. The maximum absolute atomic E-state index is 12.6. The van der Waals surface area contributed by atoms with Crippen molar-refractivity contribution < 1.29 is 18.3 Å². The molecule has 1 aliphatic heterocycles. The molecule has 1 atom stereocenters. The molecule has 0 saturated carbocycles. The predicted molar refractivity (Wildman–Crippen MR) is 84.2 cm³/mol. The monoisotopic (exact) mass is 334 g/mol. The number of nitrogens with one attached hydrogen (secondary N) is 1. The second-order valence-electron chi connectivity index (χ2n) is 5.31. The minimum atomic E-state index is -2.94. The lowest BCUT2D eigenvalue weighted by molar-refractivity contribution is -0.117. The SMILES string of the molecule is Cc1nccc(NC2CCN(c3ccccc3OC(F)F)C2=O)n1. The molecular weight excluding hydrogens is 318 g/mol. The Morgan fingerprint density at radius 3 is 2.88 bits per heavy atom. The summed E-state index contributed by atoms with van der Waals surface area (Å²) in [7, 11) is 0. The molecule has 1 aromatic carbocycles. The van der Waals surface area contributed by atoms with Crippen molar-refractivity contribution in [2.45, 2.75) is 26.0 Å². The zero-order valence-corrected chi connectivity index (χ0v) is 12.9. The van der Waals surface area contributed by atoms with Gasteiger partial charge in [0, 0.05) is 12.7 Å². The number of hydrogen-bond donors (Lipinski definition) is 1. The summed E-state index contributed by atoms with van der Waals surface area (Å²) in [5, 5.41) is 3.06. The first-order chi connectivity index (χ1) is 11.5. The Bertz CT molecular complexity index is 742. The van der Waals surface area contributed by atoms with Gasteiger partial charge in [0.1, 0.15) is 23.4 Å². The first-order valence-electron chi connectivity index (χ1n) is 7.46. The number of carbonyl (C=O) groups excluding carboxylic acids is 1. The van der Waals surface area contributed by atoms with Crippen molar-refractivity contribution in [3.8, 4) is 5.75 Å². The summed E-state index contributed by atoms with van der Waals surface area (Å²) >= 11 is 0. The highest BCUT2D eigenvalue weighted by atomic mass is 19.3. The van der Waals surface area contributed by atoms with E-state index in [0.29, 0.717) is 30.3 Å². The second-order valence-corrected chi connectivity index (χ2v) is 5.31. The molecule has 1 saturated heterocycles. The van der Waals surface area contributed by atoms with E-state index < -0.39 is 12.7 Å². The highest BCUT2D eigenvalue weighted by molar-refractivity contribution is 6.01. The van der Waals surface area contributed by atoms with E-state index in [0.717, 1.165) is 0 Å². The van der Waals surface area contributed by atoms with Crippen LogP contribution in [0.1, 0.15) is 12.2 Å². The molecule has 1 aromatic heterocycles. The third-order valence-corrected chi connectivity index (χ3v) is 3.68. The maximum Gasteiger partial charge on any atom is 0.387 e. The molecule has 1 unspecified atom stereocenters. The van der Waals surface area contributed by atoms with Gasteiger partial charge in [-0.15, -0.1) is 0 Å². The Labute approximate surface area is 137 Å². The first-order valence-corrected chi connectivity index (χ1v) is 7.46. The van der Waals surface area contributed by atoms with Crippen LogP contribution in [0.2, 0.25) is 0 Å². The second kappa shape index (κ2) is 6.77. The molecule has 126 valence electrons. The number of aryl methyl sites for hydroxylation is 1. The Kier molecular flexibility index (Phi) is 4.54. The molecule has 2 aromatic rings. The summed E-state index contributed by atoms with van der Waals surface area (Å²) in [6.45, 7) is -0.780. The van der Waals surface area contributed by atoms with Crippen molar-refractivity contribution in [1.82, 2.24) is 9.97 Å². The standard InChI is InChI=1S/C16H16F2N4O2/c1-10-19-8-6-14(20-10)21-11-7-9-22(15(11)23)12-4-2-3-5-13(12)24-16(17)18/h2-6,8,11,16H,7,9H2,1H3,(H,19,20,21). The quantitative estimate of drug-likeness (QED) is 0.910. The van der Waals surface area contributed by atoms with Crippen LogP contribution >= 0.6 is 0 Å². The normalized spacial score (nSPS) is 17.4. The van der Waals surface area contributed by atoms with Crippen LogP contribution < -0.4 is 15.0 Å². The average Bonchev–Trinajstić information content (AvgIpc) is 2.88. The summed E-state index contributed by atoms with van der Waals surface area (Å²) < 4.78 is 29.6. The fourth-order valence-corrected chi connectivity index (χ4v) is 2.64. The zero-order chi connectivity index (χ0) is 17.1. The van der Waals surface area contributed by atoms with Gasteiger partial charge >= 0.3 is 6.61 Å². The van der Waals surface area contributed by atoms with Gasteiger partial charge in [-0.25, -0.2) is 9.97 Å². The highest BCUT2D eigenvalue weighted by Gasteiger charge is 2.34. The van der Waals surface area contributed by atoms with Crippen LogP contribution in [0.3, 0.4) is 0 Å². The van der Waals surface area contributed by atoms with Crippen LogP contribution in [0.15, 0.2) is 36.5 Å². The number of amides is 1. The van der Waals surface area contributed by atoms with E-state index in [9.17, 15) is 13.6 Å². The van der Waals surface area contributed by atoms with Gasteiger partial charge in [0.2, 0.25) is 5.91 Å². The summed E-state index contributed by atoms with van der Waals surface area (Å²) in [5.74, 6) is 0.925. The van der Waals surface area contributed by atoms with E-state index in [4.69, 9.17) is 0 Å². The van der Waals surface area contributed by atoms with Crippen LogP contribution in [-0.2, 0) is 4.79 Å². The number of anilines is 2. The number of aromatic nitrogens is 2. The van der Waals surface area contributed by atoms with Crippen LogP contribution in [0.25, 0.3) is 0 Å². The molecule has 1 aliphatic rings. The minimum absolute atomic E-state index is 0.0145. The topological polar surface area (TPSA) is 67.3 Å². The van der Waals surface area contributed by atoms with E-state index in [-0.39, 0.29) is 11.7 Å². The number of ether oxygens (including phenoxy) is 1. The zero-order valence-electron chi connectivity index (χ0n) is 12.9. The molecule has 1 amide bonds. The van der Waals surface area contributed by atoms with E-state index in [2.05, 4.69) is 20.0 Å². The number of carbonyl (C=O) groups is 1. The average molecular weight is 334 g/mol. The fraction of sp³-hybridized carbons (Fsp3) is 0.312. The van der Waals surface area contributed by atoms with Gasteiger partial charge in [-0.2, -0.15) is 8.78 Å². The van der Waals surface area contributed by atoms with Crippen molar-refractivity contribution in [3.63, 3.8) is 0 Å². The number of benzene rings is 1. The van der Waals surface area contributed by atoms with E-state index in [1.54, 1.807) is 37.4 Å². The molecule has 3 rings (SSSR count). The van der Waals surface area contributed by atoms with Crippen molar-refractivity contribution in [3.05, 3.63) is 42.4 Å². The molecule has 0 aliphatic carbocycles. The Hall–Kier alpha value is -2.77. The Morgan fingerprint density at radius 1 is 1.33 bits per heavy atom. The van der Waals surface area contributed by atoms with Gasteiger partial charge in [-0.3, -0.25) is 4.79 Å². The van der Waals surface area contributed by atoms with Gasteiger partial charge in [0.15, 0.2) is 0 Å². The van der Waals surface area contributed by atoms with Crippen molar-refractivity contribution >= 4 is 17.4 Å². The highest BCUT2D eigenvalue weighted by Crippen LogP contribution is 2.32. The third kappa shape index (κ3) is 3.42. The summed E-state index contributed by atoms with van der Waals surface area (Å²) in [5.41, 5.74) is 0.339. The summed E-state index contributed by atoms with van der Waals surface area (Å²) in [6, 6.07) is 7.47. The minimum Gasteiger partial charge on any atom is -0.433 e. The molecule has 2 heterocycles. The lowest BCUT2D eigenvalue weighted by atomic mass is 10.2. The lowest BCUT2D eigenvalue weighted by Crippen LogP contribution is -2.34. The molecule has 1 N–H and O–H groups in total. The van der Waals surface area contributed by atoms with Gasteiger partial charge in [-0.1, -0.05) is 12.1 Å². The van der Waals surface area contributed by atoms with E-state index >= 15 is 0 Å². The largest absolute Gasteiger partial charge is 0.433 e. The maximum atomic E-state index is 12.6. The van der Waals surface area contributed by atoms with Gasteiger partial charge < -0.3 is 15.0 Å². The molecule has 24 heavy (non-hydrogen) atoms. The first kappa shape index (κ1) is 16.1. The number of hydrogen-bond acceptors (Lipinski definition) is 5. The predicted octanol–water partition coefficient (Wildman–Crippen LogP) is 2.60. The molecule has 6 nitrogen and oxygen atoms in total. The lowest BCUT2D eigenvalue weighted by Gasteiger charge is -2.20. The number of halogens is 2. The van der Waals surface area contributed by atoms with Gasteiger partial charge in [0.05, 0.1) is 5.69 Å². The van der Waals surface area contributed by atoms with Gasteiger partial charge in [-0.05, 0) is 31.5 Å². The summed E-state index contributed by atoms with van der Waals surface area (Å²) in [4.78, 5) is 22.3. The van der Waals surface area contributed by atoms with Crippen molar-refractivity contribution in [2.24, 2.45) is 0 Å². The van der Waals surface area contributed by atoms with Gasteiger partial charge in [0.25, 0.3) is 0 Å².